The molecule has 0 radical (unpaired) electrons. The topological polar surface area (TPSA) is 67.2 Å². The first-order valence-corrected chi connectivity index (χ1v) is 7.84. The van der Waals surface area contributed by atoms with Crippen molar-refractivity contribution in [1.29, 1.82) is 0 Å². The van der Waals surface area contributed by atoms with Gasteiger partial charge in [0.15, 0.2) is 0 Å². The van der Waals surface area contributed by atoms with E-state index in [1.54, 1.807) is 31.8 Å². The van der Waals surface area contributed by atoms with Crippen molar-refractivity contribution in [3.05, 3.63) is 47.3 Å². The molecule has 1 aromatic heterocycles. The second kappa shape index (κ2) is 6.54. The SMILES string of the molecule is Cc1nn(C)cc1C(=O)Nc1ccccc1C(C)(O)CC(C)C. The number of carbonyl (C=O) groups is 1. The number of aryl methyl sites for hydroxylation is 2. The molecule has 0 bridgehead atoms. The summed E-state index contributed by atoms with van der Waals surface area (Å²) in [4.78, 5) is 12.5. The smallest absolute Gasteiger partial charge is 0.259 e. The minimum atomic E-state index is -0.998. The van der Waals surface area contributed by atoms with Crippen LogP contribution in [0.5, 0.6) is 0 Å². The van der Waals surface area contributed by atoms with Crippen LogP contribution in [0, 0.1) is 12.8 Å². The van der Waals surface area contributed by atoms with Crippen LogP contribution in [0.25, 0.3) is 0 Å². The number of nitrogens with one attached hydrogen (secondary N) is 1. The fraction of sp³-hybridized carbons (Fsp3) is 0.444. The van der Waals surface area contributed by atoms with Crippen molar-refractivity contribution in [2.45, 2.75) is 39.7 Å². The highest BCUT2D eigenvalue weighted by Gasteiger charge is 2.27. The highest BCUT2D eigenvalue weighted by molar-refractivity contribution is 6.05. The van der Waals surface area contributed by atoms with Gasteiger partial charge in [-0.3, -0.25) is 9.48 Å². The molecule has 2 N–H and O–H groups in total. The van der Waals surface area contributed by atoms with Crippen molar-refractivity contribution in [2.75, 3.05) is 5.32 Å². The number of amides is 1. The van der Waals surface area contributed by atoms with E-state index in [4.69, 9.17) is 0 Å². The predicted octanol–water partition coefficient (Wildman–Crippen LogP) is 3.23. The van der Waals surface area contributed by atoms with Gasteiger partial charge in [-0.15, -0.1) is 0 Å². The molecule has 2 rings (SSSR count). The second-order valence-electron chi connectivity index (χ2n) is 6.67. The average molecular weight is 315 g/mol. The number of anilines is 1. The zero-order valence-electron chi connectivity index (χ0n) is 14.4. The number of benzene rings is 1. The molecule has 1 atom stereocenters. The highest BCUT2D eigenvalue weighted by atomic mass is 16.3. The van der Waals surface area contributed by atoms with E-state index >= 15 is 0 Å². The molecule has 124 valence electrons. The first-order chi connectivity index (χ1) is 10.7. The summed E-state index contributed by atoms with van der Waals surface area (Å²) in [6.45, 7) is 7.71. The molecule has 1 aromatic carbocycles. The first-order valence-electron chi connectivity index (χ1n) is 7.84. The van der Waals surface area contributed by atoms with E-state index in [9.17, 15) is 9.90 Å². The van der Waals surface area contributed by atoms with Crippen LogP contribution in [0.1, 0.15) is 48.8 Å². The van der Waals surface area contributed by atoms with Crippen molar-refractivity contribution in [1.82, 2.24) is 9.78 Å². The summed E-state index contributed by atoms with van der Waals surface area (Å²) in [5.41, 5.74) is 1.57. The molecule has 2 aromatic rings. The highest BCUT2D eigenvalue weighted by Crippen LogP contribution is 2.33. The van der Waals surface area contributed by atoms with E-state index in [0.29, 0.717) is 29.3 Å². The summed E-state index contributed by atoms with van der Waals surface area (Å²) < 4.78 is 1.62. The summed E-state index contributed by atoms with van der Waals surface area (Å²) >= 11 is 0. The van der Waals surface area contributed by atoms with E-state index in [0.717, 1.165) is 5.56 Å². The van der Waals surface area contributed by atoms with Crippen LogP contribution in [-0.4, -0.2) is 20.8 Å². The fourth-order valence-corrected chi connectivity index (χ4v) is 2.98. The van der Waals surface area contributed by atoms with Crippen molar-refractivity contribution >= 4 is 11.6 Å². The Morgan fingerprint density at radius 2 is 2.04 bits per heavy atom. The molecule has 0 spiro atoms. The lowest BCUT2D eigenvalue weighted by atomic mass is 9.86. The summed E-state index contributed by atoms with van der Waals surface area (Å²) in [5, 5.41) is 17.9. The van der Waals surface area contributed by atoms with Crippen LogP contribution >= 0.6 is 0 Å². The van der Waals surface area contributed by atoms with E-state index in [1.807, 2.05) is 24.3 Å². The summed E-state index contributed by atoms with van der Waals surface area (Å²) in [7, 11) is 1.78. The lowest BCUT2D eigenvalue weighted by Gasteiger charge is -2.28. The maximum absolute atomic E-state index is 12.5. The number of hydrogen-bond donors (Lipinski definition) is 2. The van der Waals surface area contributed by atoms with Gasteiger partial charge in [0.05, 0.1) is 16.9 Å². The number of carbonyl (C=O) groups excluding carboxylic acids is 1. The maximum atomic E-state index is 12.5. The lowest BCUT2D eigenvalue weighted by Crippen LogP contribution is -2.26. The summed E-state index contributed by atoms with van der Waals surface area (Å²) in [6, 6.07) is 7.39. The lowest BCUT2D eigenvalue weighted by molar-refractivity contribution is 0.0356. The Morgan fingerprint density at radius 1 is 1.39 bits per heavy atom. The van der Waals surface area contributed by atoms with Crippen LogP contribution in [0.2, 0.25) is 0 Å². The molecule has 1 unspecified atom stereocenters. The van der Waals surface area contributed by atoms with Gasteiger partial charge in [-0.25, -0.2) is 0 Å². The van der Waals surface area contributed by atoms with Gasteiger partial charge in [-0.1, -0.05) is 32.0 Å². The summed E-state index contributed by atoms with van der Waals surface area (Å²) in [5.74, 6) is 0.123. The number of hydrogen-bond acceptors (Lipinski definition) is 3. The Bertz CT molecular complexity index is 702. The van der Waals surface area contributed by atoms with Gasteiger partial charge in [0.25, 0.3) is 5.91 Å². The third-order valence-corrected chi connectivity index (χ3v) is 3.82. The van der Waals surface area contributed by atoms with Gasteiger partial charge < -0.3 is 10.4 Å². The van der Waals surface area contributed by atoms with Crippen LogP contribution in [0.3, 0.4) is 0 Å². The molecular weight excluding hydrogens is 290 g/mol. The zero-order valence-corrected chi connectivity index (χ0v) is 14.4. The van der Waals surface area contributed by atoms with Gasteiger partial charge in [0.1, 0.15) is 0 Å². The Balaban J connectivity index is 2.31. The van der Waals surface area contributed by atoms with Crippen LogP contribution in [0.15, 0.2) is 30.5 Å². The van der Waals surface area contributed by atoms with Gasteiger partial charge >= 0.3 is 0 Å². The van der Waals surface area contributed by atoms with E-state index < -0.39 is 5.60 Å². The summed E-state index contributed by atoms with van der Waals surface area (Å²) in [6.07, 6.45) is 2.31. The van der Waals surface area contributed by atoms with Crippen molar-refractivity contribution in [3.8, 4) is 0 Å². The third-order valence-electron chi connectivity index (χ3n) is 3.82. The number of aromatic nitrogens is 2. The Morgan fingerprint density at radius 3 is 2.61 bits per heavy atom. The van der Waals surface area contributed by atoms with Crippen molar-refractivity contribution in [3.63, 3.8) is 0 Å². The molecule has 0 fully saturated rings. The number of aliphatic hydroxyl groups is 1. The second-order valence-corrected chi connectivity index (χ2v) is 6.67. The normalized spacial score (nSPS) is 13.9. The number of nitrogens with zero attached hydrogens (tertiary/aromatic N) is 2. The molecule has 0 saturated carbocycles. The Hall–Kier alpha value is -2.14. The largest absolute Gasteiger partial charge is 0.385 e. The van der Waals surface area contributed by atoms with Gasteiger partial charge in [-0.05, 0) is 32.3 Å². The van der Waals surface area contributed by atoms with Gasteiger partial charge in [-0.2, -0.15) is 5.10 Å². The molecule has 5 nitrogen and oxygen atoms in total. The van der Waals surface area contributed by atoms with Crippen LogP contribution in [0.4, 0.5) is 5.69 Å². The van der Waals surface area contributed by atoms with Gasteiger partial charge in [0.2, 0.25) is 0 Å². The predicted molar refractivity (Wildman–Crippen MR) is 91.4 cm³/mol. The molecule has 1 heterocycles. The molecule has 0 saturated heterocycles. The molecule has 23 heavy (non-hydrogen) atoms. The third kappa shape index (κ3) is 3.99. The average Bonchev–Trinajstić information content (AvgIpc) is 2.77. The fourth-order valence-electron chi connectivity index (χ4n) is 2.98. The van der Waals surface area contributed by atoms with Crippen LogP contribution in [-0.2, 0) is 12.6 Å². The Labute approximate surface area is 137 Å². The standard InChI is InChI=1S/C18H25N3O2/c1-12(2)10-18(4,23)15-8-6-7-9-16(15)19-17(22)14-11-21(5)20-13(14)3/h6-9,11-12,23H,10H2,1-5H3,(H,19,22). The van der Waals surface area contributed by atoms with Crippen molar-refractivity contribution in [2.24, 2.45) is 13.0 Å². The molecule has 0 aliphatic carbocycles. The minimum Gasteiger partial charge on any atom is -0.385 e. The van der Waals surface area contributed by atoms with E-state index in [1.165, 1.54) is 0 Å². The van der Waals surface area contributed by atoms with E-state index in [2.05, 4.69) is 24.3 Å². The van der Waals surface area contributed by atoms with Crippen LogP contribution < -0.4 is 5.32 Å². The van der Waals surface area contributed by atoms with Gasteiger partial charge in [0, 0.05) is 24.5 Å². The Kier molecular flexibility index (Phi) is 4.90. The maximum Gasteiger partial charge on any atom is 0.259 e. The zero-order chi connectivity index (χ0) is 17.2. The molecule has 0 aliphatic heterocycles. The molecule has 5 heteroatoms. The quantitative estimate of drug-likeness (QED) is 0.890. The van der Waals surface area contributed by atoms with Crippen molar-refractivity contribution < 1.29 is 9.90 Å². The molecule has 0 aliphatic rings. The molecule has 1 amide bonds. The monoisotopic (exact) mass is 315 g/mol. The van der Waals surface area contributed by atoms with E-state index in [-0.39, 0.29) is 5.91 Å². The molecular formula is C18H25N3O2. The minimum absolute atomic E-state index is 0.219. The number of rotatable bonds is 5. The number of para-hydroxylation sites is 1. The first kappa shape index (κ1) is 17.2.